The Balaban J connectivity index is 2.15. The SMILES string of the molecule is C=CCC1CNCN(C(=O)c2ccccc2)C1=O. The third kappa shape index (κ3) is 2.49. The van der Waals surface area contributed by atoms with Gasteiger partial charge in [-0.25, -0.2) is 0 Å². The average Bonchev–Trinajstić information content (AvgIpc) is 2.42. The van der Waals surface area contributed by atoms with Crippen LogP contribution in [0.15, 0.2) is 43.0 Å². The van der Waals surface area contributed by atoms with Crippen LogP contribution in [0.2, 0.25) is 0 Å². The summed E-state index contributed by atoms with van der Waals surface area (Å²) in [6.45, 7) is 4.51. The molecule has 0 radical (unpaired) electrons. The van der Waals surface area contributed by atoms with Crippen molar-refractivity contribution in [2.45, 2.75) is 6.42 Å². The van der Waals surface area contributed by atoms with Gasteiger partial charge in [-0.2, -0.15) is 0 Å². The summed E-state index contributed by atoms with van der Waals surface area (Å²) in [5.74, 6) is -0.562. The van der Waals surface area contributed by atoms with E-state index in [1.54, 1.807) is 30.3 Å². The van der Waals surface area contributed by atoms with Gasteiger partial charge in [-0.05, 0) is 18.6 Å². The third-order valence-corrected chi connectivity index (χ3v) is 2.99. The van der Waals surface area contributed by atoms with Crippen molar-refractivity contribution in [1.29, 1.82) is 0 Å². The lowest BCUT2D eigenvalue weighted by atomic mass is 10.0. The van der Waals surface area contributed by atoms with Crippen molar-refractivity contribution in [2.24, 2.45) is 5.92 Å². The highest BCUT2D eigenvalue weighted by atomic mass is 16.2. The molecule has 18 heavy (non-hydrogen) atoms. The maximum atomic E-state index is 12.2. The van der Waals surface area contributed by atoms with E-state index in [0.717, 1.165) is 0 Å². The van der Waals surface area contributed by atoms with Crippen LogP contribution in [0.1, 0.15) is 16.8 Å². The highest BCUT2D eigenvalue weighted by molar-refractivity contribution is 6.05. The molecule has 1 saturated heterocycles. The number of carbonyl (C=O) groups is 2. The number of benzene rings is 1. The van der Waals surface area contributed by atoms with E-state index in [-0.39, 0.29) is 24.4 Å². The molecule has 2 rings (SSSR count). The van der Waals surface area contributed by atoms with Gasteiger partial charge in [-0.1, -0.05) is 24.3 Å². The fourth-order valence-electron chi connectivity index (χ4n) is 2.03. The standard InChI is InChI=1S/C14H16N2O2/c1-2-6-12-9-15-10-16(14(12)18)13(17)11-7-4-3-5-8-11/h2-5,7-8,12,15H,1,6,9-10H2. The molecule has 0 saturated carbocycles. The molecular weight excluding hydrogens is 228 g/mol. The summed E-state index contributed by atoms with van der Waals surface area (Å²) in [7, 11) is 0. The van der Waals surface area contributed by atoms with Crippen LogP contribution in [-0.2, 0) is 4.79 Å². The second-order valence-corrected chi connectivity index (χ2v) is 4.27. The van der Waals surface area contributed by atoms with Gasteiger partial charge in [0.05, 0.1) is 12.6 Å². The van der Waals surface area contributed by atoms with Crippen molar-refractivity contribution in [2.75, 3.05) is 13.2 Å². The predicted molar refractivity (Wildman–Crippen MR) is 68.8 cm³/mol. The van der Waals surface area contributed by atoms with Crippen molar-refractivity contribution in [3.8, 4) is 0 Å². The predicted octanol–water partition coefficient (Wildman–Crippen LogP) is 1.41. The summed E-state index contributed by atoms with van der Waals surface area (Å²) in [6.07, 6.45) is 2.30. The van der Waals surface area contributed by atoms with E-state index in [9.17, 15) is 9.59 Å². The number of imide groups is 1. The van der Waals surface area contributed by atoms with Crippen LogP contribution >= 0.6 is 0 Å². The van der Waals surface area contributed by atoms with Gasteiger partial charge in [-0.15, -0.1) is 6.58 Å². The van der Waals surface area contributed by atoms with Gasteiger partial charge in [0.2, 0.25) is 5.91 Å². The maximum absolute atomic E-state index is 12.2. The Labute approximate surface area is 106 Å². The molecule has 1 aliphatic rings. The maximum Gasteiger partial charge on any atom is 0.261 e. The van der Waals surface area contributed by atoms with E-state index >= 15 is 0 Å². The number of hydrogen-bond acceptors (Lipinski definition) is 3. The zero-order valence-corrected chi connectivity index (χ0v) is 10.1. The molecule has 1 unspecified atom stereocenters. The highest BCUT2D eigenvalue weighted by Gasteiger charge is 2.31. The van der Waals surface area contributed by atoms with Crippen LogP contribution in [-0.4, -0.2) is 29.9 Å². The molecule has 4 heteroatoms. The molecule has 1 heterocycles. The molecule has 94 valence electrons. The van der Waals surface area contributed by atoms with Gasteiger partial charge in [0.1, 0.15) is 0 Å². The Morgan fingerprint density at radius 3 is 2.83 bits per heavy atom. The molecule has 0 aliphatic carbocycles. The minimum Gasteiger partial charge on any atom is -0.299 e. The lowest BCUT2D eigenvalue weighted by molar-refractivity contribution is -0.135. The minimum absolute atomic E-state index is 0.123. The molecule has 1 aromatic rings. The van der Waals surface area contributed by atoms with E-state index in [0.29, 0.717) is 18.5 Å². The van der Waals surface area contributed by atoms with Gasteiger partial charge in [-0.3, -0.25) is 19.8 Å². The van der Waals surface area contributed by atoms with Gasteiger partial charge in [0.15, 0.2) is 0 Å². The molecule has 2 amide bonds. The van der Waals surface area contributed by atoms with Crippen LogP contribution < -0.4 is 5.32 Å². The Morgan fingerprint density at radius 1 is 1.44 bits per heavy atom. The van der Waals surface area contributed by atoms with Crippen molar-refractivity contribution >= 4 is 11.8 Å². The quantitative estimate of drug-likeness (QED) is 0.646. The zero-order chi connectivity index (χ0) is 13.0. The smallest absolute Gasteiger partial charge is 0.261 e. The topological polar surface area (TPSA) is 49.4 Å². The van der Waals surface area contributed by atoms with E-state index < -0.39 is 0 Å². The number of allylic oxidation sites excluding steroid dienone is 1. The molecule has 1 atom stereocenters. The van der Waals surface area contributed by atoms with E-state index in [4.69, 9.17) is 0 Å². The molecule has 1 fully saturated rings. The Morgan fingerprint density at radius 2 is 2.17 bits per heavy atom. The van der Waals surface area contributed by atoms with Crippen LogP contribution in [0, 0.1) is 5.92 Å². The number of nitrogens with zero attached hydrogens (tertiary/aromatic N) is 1. The summed E-state index contributed by atoms with van der Waals surface area (Å²) in [4.78, 5) is 25.6. The summed E-state index contributed by atoms with van der Waals surface area (Å²) in [6, 6.07) is 8.85. The van der Waals surface area contributed by atoms with Crippen LogP contribution in [0.4, 0.5) is 0 Å². The Kier molecular flexibility index (Phi) is 3.89. The second kappa shape index (κ2) is 5.60. The summed E-state index contributed by atoms with van der Waals surface area (Å²) >= 11 is 0. The molecule has 1 aromatic carbocycles. The van der Waals surface area contributed by atoms with Crippen molar-refractivity contribution < 1.29 is 9.59 Å². The first-order valence-corrected chi connectivity index (χ1v) is 5.96. The first-order valence-electron chi connectivity index (χ1n) is 5.96. The van der Waals surface area contributed by atoms with Crippen LogP contribution in [0.3, 0.4) is 0 Å². The molecule has 1 N–H and O–H groups in total. The molecule has 0 bridgehead atoms. The normalized spacial score (nSPS) is 19.7. The average molecular weight is 244 g/mol. The molecule has 0 aromatic heterocycles. The van der Waals surface area contributed by atoms with Gasteiger partial charge < -0.3 is 0 Å². The largest absolute Gasteiger partial charge is 0.299 e. The Bertz CT molecular complexity index is 456. The van der Waals surface area contributed by atoms with Crippen LogP contribution in [0.5, 0.6) is 0 Å². The number of carbonyl (C=O) groups excluding carboxylic acids is 2. The molecule has 4 nitrogen and oxygen atoms in total. The molecular formula is C14H16N2O2. The number of nitrogens with one attached hydrogen (secondary N) is 1. The minimum atomic E-state index is -0.248. The summed E-state index contributed by atoms with van der Waals surface area (Å²) in [5, 5.41) is 3.09. The molecule has 1 aliphatic heterocycles. The fourth-order valence-corrected chi connectivity index (χ4v) is 2.03. The lowest BCUT2D eigenvalue weighted by Gasteiger charge is -2.31. The number of rotatable bonds is 3. The Hall–Kier alpha value is -1.94. The van der Waals surface area contributed by atoms with Crippen LogP contribution in [0.25, 0.3) is 0 Å². The van der Waals surface area contributed by atoms with Gasteiger partial charge >= 0.3 is 0 Å². The second-order valence-electron chi connectivity index (χ2n) is 4.27. The van der Waals surface area contributed by atoms with Crippen molar-refractivity contribution in [1.82, 2.24) is 10.2 Å². The fraction of sp³-hybridized carbons (Fsp3) is 0.286. The van der Waals surface area contributed by atoms with Gasteiger partial charge in [0.25, 0.3) is 5.91 Å². The zero-order valence-electron chi connectivity index (χ0n) is 10.1. The van der Waals surface area contributed by atoms with E-state index in [1.165, 1.54) is 4.90 Å². The summed E-state index contributed by atoms with van der Waals surface area (Å²) in [5.41, 5.74) is 0.534. The first kappa shape index (κ1) is 12.5. The monoisotopic (exact) mass is 244 g/mol. The lowest BCUT2D eigenvalue weighted by Crippen LogP contribution is -2.53. The summed E-state index contributed by atoms with van der Waals surface area (Å²) < 4.78 is 0. The highest BCUT2D eigenvalue weighted by Crippen LogP contribution is 2.14. The molecule has 0 spiro atoms. The van der Waals surface area contributed by atoms with E-state index in [1.807, 2.05) is 6.07 Å². The number of hydrogen-bond donors (Lipinski definition) is 1. The van der Waals surface area contributed by atoms with Gasteiger partial charge in [0, 0.05) is 12.1 Å². The van der Waals surface area contributed by atoms with E-state index in [2.05, 4.69) is 11.9 Å². The first-order chi connectivity index (χ1) is 8.74. The van der Waals surface area contributed by atoms with Crippen molar-refractivity contribution in [3.63, 3.8) is 0 Å². The third-order valence-electron chi connectivity index (χ3n) is 2.99. The number of amides is 2. The van der Waals surface area contributed by atoms with Crippen molar-refractivity contribution in [3.05, 3.63) is 48.6 Å².